The lowest BCUT2D eigenvalue weighted by molar-refractivity contribution is -0.158. The number of halogens is 6. The van der Waals surface area contributed by atoms with Crippen LogP contribution in [0.1, 0.15) is 72.0 Å². The fraction of sp³-hybridized carbons (Fsp3) is 0.441. The van der Waals surface area contributed by atoms with E-state index >= 15 is 0 Å². The molecule has 2 amide bonds. The second-order valence-electron chi connectivity index (χ2n) is 11.8. The summed E-state index contributed by atoms with van der Waals surface area (Å²) < 4.78 is 93.9. The summed E-state index contributed by atoms with van der Waals surface area (Å²) in [6, 6.07) is 11.1. The lowest BCUT2D eigenvalue weighted by Crippen LogP contribution is -2.67. The number of alkyl halides is 6. The van der Waals surface area contributed by atoms with Crippen molar-refractivity contribution < 1.29 is 45.4 Å². The molecule has 5 rings (SSSR count). The quantitative estimate of drug-likeness (QED) is 0.236. The van der Waals surface area contributed by atoms with Crippen LogP contribution >= 0.6 is 0 Å². The number of aromatic nitrogens is 1. The number of methoxy groups -OCH3 is 1. The number of piperidine rings is 1. The minimum Gasteiger partial charge on any atom is -0.496 e. The molecule has 0 bridgehead atoms. The Balaban J connectivity index is 1.56. The molecule has 0 saturated carbocycles. The molecule has 1 aromatic heterocycles. The van der Waals surface area contributed by atoms with Crippen LogP contribution < -0.4 is 9.47 Å². The zero-order chi connectivity index (χ0) is 34.0. The molecule has 2 aliphatic heterocycles. The highest BCUT2D eigenvalue weighted by atomic mass is 19.4. The molecule has 3 heterocycles. The van der Waals surface area contributed by atoms with Gasteiger partial charge in [-0.3, -0.25) is 14.6 Å². The molecule has 0 radical (unpaired) electrons. The first kappa shape index (κ1) is 34.1. The van der Waals surface area contributed by atoms with Crippen molar-refractivity contribution in [1.29, 1.82) is 0 Å². The summed E-state index contributed by atoms with van der Waals surface area (Å²) in [5, 5.41) is 0. The smallest absolute Gasteiger partial charge is 0.417 e. The summed E-state index contributed by atoms with van der Waals surface area (Å²) >= 11 is 0. The molecule has 47 heavy (non-hydrogen) atoms. The minimum atomic E-state index is -4.84. The predicted octanol–water partition coefficient (Wildman–Crippen LogP) is 7.37. The number of hydrogen-bond acceptors (Lipinski definition) is 5. The van der Waals surface area contributed by atoms with Crippen LogP contribution in [0, 0.1) is 0 Å². The molecular formula is C34H35F6N3O4. The number of amides is 2. The molecule has 3 atom stereocenters. The Labute approximate surface area is 268 Å². The van der Waals surface area contributed by atoms with Gasteiger partial charge in [-0.2, -0.15) is 26.3 Å². The van der Waals surface area contributed by atoms with Gasteiger partial charge in [0.15, 0.2) is 0 Å². The number of rotatable bonds is 8. The van der Waals surface area contributed by atoms with Crippen LogP contribution in [0.25, 0.3) is 0 Å². The molecule has 0 N–H and O–H groups in total. The van der Waals surface area contributed by atoms with Gasteiger partial charge in [0, 0.05) is 44.4 Å². The van der Waals surface area contributed by atoms with Gasteiger partial charge in [-0.15, -0.1) is 0 Å². The summed E-state index contributed by atoms with van der Waals surface area (Å²) in [4.78, 5) is 35.4. The van der Waals surface area contributed by atoms with Crippen LogP contribution in [-0.2, 0) is 17.1 Å². The number of ether oxygens (including phenoxy) is 2. The third-order valence-electron chi connectivity index (χ3n) is 8.94. The van der Waals surface area contributed by atoms with Crippen LogP contribution in [0.5, 0.6) is 11.5 Å². The van der Waals surface area contributed by atoms with Crippen molar-refractivity contribution in [2.24, 2.45) is 0 Å². The normalized spacial score (nSPS) is 21.9. The second kappa shape index (κ2) is 13.4. The second-order valence-corrected chi connectivity index (χ2v) is 11.8. The van der Waals surface area contributed by atoms with Gasteiger partial charge in [-0.05, 0) is 61.2 Å². The molecule has 7 nitrogen and oxygen atoms in total. The molecule has 0 spiro atoms. The van der Waals surface area contributed by atoms with Gasteiger partial charge in [-0.25, -0.2) is 0 Å². The topological polar surface area (TPSA) is 72.0 Å². The van der Waals surface area contributed by atoms with Crippen LogP contribution in [0.4, 0.5) is 26.3 Å². The molecule has 0 unspecified atom stereocenters. The van der Waals surface area contributed by atoms with Crippen LogP contribution in [0.3, 0.4) is 0 Å². The van der Waals surface area contributed by atoms with E-state index in [4.69, 9.17) is 9.47 Å². The third-order valence-corrected chi connectivity index (χ3v) is 8.94. The number of carbonyl (C=O) groups excluding carboxylic acids is 2. The van der Waals surface area contributed by atoms with Crippen molar-refractivity contribution in [3.63, 3.8) is 0 Å². The van der Waals surface area contributed by atoms with Crippen molar-refractivity contribution in [3.8, 4) is 11.5 Å². The first-order chi connectivity index (χ1) is 22.3. The number of para-hydroxylation sites is 1. The maximum atomic E-state index is 14.8. The van der Waals surface area contributed by atoms with E-state index in [1.807, 2.05) is 31.2 Å². The molecule has 2 aliphatic rings. The van der Waals surface area contributed by atoms with E-state index in [1.54, 1.807) is 12.0 Å². The Hall–Kier alpha value is -4.29. The van der Waals surface area contributed by atoms with Gasteiger partial charge in [0.2, 0.25) is 5.60 Å². The zero-order valence-electron chi connectivity index (χ0n) is 25.9. The standard InChI is InChI=1S/C34H35F6N3O4/c1-3-7-29-32(47-24-12-10-23(11-13-24)33(35,36)37,31(45)42-19-15-22(21-42)25-8-4-5-9-28(25)46-2)16-6-18-43(29)30(44)26-20-41-17-14-27(26)34(38,39)40/h4-5,8-14,17,20,22,29H,3,6-7,15-16,18-19,21H2,1-2H3/t22-,29-,32+/m1/s1. The Morgan fingerprint density at radius 2 is 1.70 bits per heavy atom. The number of nitrogens with zero attached hydrogens (tertiary/aromatic N) is 3. The first-order valence-corrected chi connectivity index (χ1v) is 15.4. The van der Waals surface area contributed by atoms with Gasteiger partial charge in [0.05, 0.1) is 29.8 Å². The molecular weight excluding hydrogens is 628 g/mol. The predicted molar refractivity (Wildman–Crippen MR) is 160 cm³/mol. The Kier molecular flexibility index (Phi) is 9.74. The van der Waals surface area contributed by atoms with Crippen molar-refractivity contribution in [2.75, 3.05) is 26.7 Å². The van der Waals surface area contributed by atoms with Crippen LogP contribution in [-0.4, -0.2) is 65.0 Å². The van der Waals surface area contributed by atoms with E-state index in [2.05, 4.69) is 4.98 Å². The molecule has 2 saturated heterocycles. The van der Waals surface area contributed by atoms with Gasteiger partial charge in [0.1, 0.15) is 11.5 Å². The van der Waals surface area contributed by atoms with Crippen LogP contribution in [0.2, 0.25) is 0 Å². The monoisotopic (exact) mass is 663 g/mol. The minimum absolute atomic E-state index is 0.0282. The molecule has 3 aromatic rings. The largest absolute Gasteiger partial charge is 0.496 e. The molecule has 2 fully saturated rings. The highest BCUT2D eigenvalue weighted by molar-refractivity contribution is 5.97. The summed E-state index contributed by atoms with van der Waals surface area (Å²) in [5.74, 6) is -0.885. The van der Waals surface area contributed by atoms with E-state index in [0.717, 1.165) is 48.3 Å². The van der Waals surface area contributed by atoms with Gasteiger partial charge in [-0.1, -0.05) is 31.5 Å². The highest BCUT2D eigenvalue weighted by Gasteiger charge is 2.56. The van der Waals surface area contributed by atoms with Crippen molar-refractivity contribution in [2.45, 2.75) is 68.9 Å². The average molecular weight is 664 g/mol. The molecule has 252 valence electrons. The SMILES string of the molecule is CCC[C@H]1N(C(=O)c2cnccc2C(F)(F)F)CCC[C@@]1(Oc1ccc(C(F)(F)F)cc1)C(=O)N1CC[C@@H](c2ccccc2OC)C1. The Morgan fingerprint density at radius 3 is 2.36 bits per heavy atom. The maximum Gasteiger partial charge on any atom is 0.417 e. The van der Waals surface area contributed by atoms with Crippen molar-refractivity contribution >= 4 is 11.8 Å². The van der Waals surface area contributed by atoms with E-state index in [-0.39, 0.29) is 44.0 Å². The number of likely N-dealkylation sites (tertiary alicyclic amines) is 2. The van der Waals surface area contributed by atoms with Crippen molar-refractivity contribution in [3.05, 3.63) is 89.2 Å². The van der Waals surface area contributed by atoms with Gasteiger partial charge >= 0.3 is 12.4 Å². The molecule has 0 aliphatic carbocycles. The summed E-state index contributed by atoms with van der Waals surface area (Å²) in [7, 11) is 1.55. The third kappa shape index (κ3) is 6.89. The lowest BCUT2D eigenvalue weighted by atomic mass is 9.79. The number of hydrogen-bond donors (Lipinski definition) is 0. The zero-order valence-corrected chi connectivity index (χ0v) is 25.9. The Bertz CT molecular complexity index is 1580. The number of carbonyl (C=O) groups is 2. The summed E-state index contributed by atoms with van der Waals surface area (Å²) in [5.41, 5.74) is -3.61. The van der Waals surface area contributed by atoms with E-state index in [9.17, 15) is 35.9 Å². The fourth-order valence-electron chi connectivity index (χ4n) is 6.76. The van der Waals surface area contributed by atoms with Crippen molar-refractivity contribution in [1.82, 2.24) is 14.8 Å². The van der Waals surface area contributed by atoms with Crippen LogP contribution in [0.15, 0.2) is 67.0 Å². The summed E-state index contributed by atoms with van der Waals surface area (Å²) in [6.07, 6.45) is -6.13. The lowest BCUT2D eigenvalue weighted by Gasteiger charge is -2.49. The fourth-order valence-corrected chi connectivity index (χ4v) is 6.76. The molecule has 13 heteroatoms. The van der Waals surface area contributed by atoms with E-state index in [0.29, 0.717) is 25.1 Å². The van der Waals surface area contributed by atoms with Gasteiger partial charge in [0.25, 0.3) is 11.8 Å². The summed E-state index contributed by atoms with van der Waals surface area (Å²) in [6.45, 7) is 2.46. The number of benzene rings is 2. The molecule has 2 aromatic carbocycles. The Morgan fingerprint density at radius 1 is 0.979 bits per heavy atom. The van der Waals surface area contributed by atoms with E-state index in [1.165, 1.54) is 4.90 Å². The highest BCUT2D eigenvalue weighted by Crippen LogP contribution is 2.42. The number of pyridine rings is 1. The average Bonchev–Trinajstić information content (AvgIpc) is 3.54. The maximum absolute atomic E-state index is 14.8. The van der Waals surface area contributed by atoms with E-state index < -0.39 is 52.5 Å². The van der Waals surface area contributed by atoms with Gasteiger partial charge < -0.3 is 19.3 Å². The first-order valence-electron chi connectivity index (χ1n) is 15.4.